The molecule has 0 bridgehead atoms. The molecule has 1 N–H and O–H groups in total. The van der Waals surface area contributed by atoms with Gasteiger partial charge in [0.25, 0.3) is 0 Å². The van der Waals surface area contributed by atoms with Crippen molar-refractivity contribution < 1.29 is 9.90 Å². The van der Waals surface area contributed by atoms with Gasteiger partial charge in [-0.05, 0) is 32.1 Å². The quantitative estimate of drug-likeness (QED) is 0.658. The largest absolute Gasteiger partial charge is 0.478 e. The van der Waals surface area contributed by atoms with Gasteiger partial charge in [-0.15, -0.1) is 0 Å². The van der Waals surface area contributed by atoms with Gasteiger partial charge in [-0.25, -0.2) is 4.79 Å². The second-order valence-electron chi connectivity index (χ2n) is 3.45. The number of carbonyl (C=O) groups is 1. The average Bonchev–Trinajstić information content (AvgIpc) is 1.83. The van der Waals surface area contributed by atoms with E-state index in [1.165, 1.54) is 19.3 Å². The fraction of sp³-hybridized carbons (Fsp3) is 0.700. The molecule has 1 saturated carbocycles. The molecule has 1 aliphatic carbocycles. The van der Waals surface area contributed by atoms with Gasteiger partial charge in [0.1, 0.15) is 0 Å². The molecule has 2 nitrogen and oxygen atoms in total. The van der Waals surface area contributed by atoms with Gasteiger partial charge in [0.15, 0.2) is 0 Å². The van der Waals surface area contributed by atoms with E-state index < -0.39 is 5.97 Å². The molecule has 0 saturated heterocycles. The molecule has 0 spiro atoms. The Morgan fingerprint density at radius 1 is 1.50 bits per heavy atom. The Labute approximate surface area is 73.3 Å². The molecule has 0 amide bonds. The van der Waals surface area contributed by atoms with E-state index in [2.05, 4.69) is 0 Å². The molecule has 0 atom stereocenters. The van der Waals surface area contributed by atoms with E-state index in [1.54, 1.807) is 0 Å². The Morgan fingerprint density at radius 3 is 2.33 bits per heavy atom. The van der Waals surface area contributed by atoms with Crippen LogP contribution in [0.1, 0.15) is 39.5 Å². The van der Waals surface area contributed by atoms with E-state index in [0.717, 1.165) is 5.57 Å². The number of rotatable bonds is 3. The van der Waals surface area contributed by atoms with Crippen LogP contribution in [0.15, 0.2) is 11.1 Å². The molecule has 2 heteroatoms. The van der Waals surface area contributed by atoms with Crippen LogP contribution in [0.3, 0.4) is 0 Å². The Hall–Kier alpha value is -0.790. The molecule has 0 aromatic carbocycles. The van der Waals surface area contributed by atoms with Crippen molar-refractivity contribution in [2.24, 2.45) is 5.92 Å². The number of hydrogen-bond acceptors (Lipinski definition) is 1. The van der Waals surface area contributed by atoms with Gasteiger partial charge in [0.2, 0.25) is 0 Å². The predicted molar refractivity (Wildman–Crippen MR) is 48.0 cm³/mol. The highest BCUT2D eigenvalue weighted by Gasteiger charge is 2.22. The zero-order chi connectivity index (χ0) is 9.14. The van der Waals surface area contributed by atoms with Gasteiger partial charge in [0, 0.05) is 5.57 Å². The van der Waals surface area contributed by atoms with Gasteiger partial charge in [-0.3, -0.25) is 0 Å². The topological polar surface area (TPSA) is 37.3 Å². The highest BCUT2D eigenvalue weighted by atomic mass is 16.4. The van der Waals surface area contributed by atoms with Crippen LogP contribution < -0.4 is 0 Å². The summed E-state index contributed by atoms with van der Waals surface area (Å²) >= 11 is 0. The summed E-state index contributed by atoms with van der Waals surface area (Å²) in [5, 5.41) is 8.85. The van der Waals surface area contributed by atoms with Gasteiger partial charge >= 0.3 is 5.97 Å². The van der Waals surface area contributed by atoms with Crippen molar-refractivity contribution in [3.63, 3.8) is 0 Å². The van der Waals surface area contributed by atoms with Crippen molar-refractivity contribution in [3.8, 4) is 0 Å². The third-order valence-corrected chi connectivity index (χ3v) is 2.81. The van der Waals surface area contributed by atoms with Crippen molar-refractivity contribution in [2.45, 2.75) is 39.5 Å². The van der Waals surface area contributed by atoms with Crippen molar-refractivity contribution >= 4 is 5.97 Å². The number of hydrogen-bond donors (Lipinski definition) is 1. The van der Waals surface area contributed by atoms with E-state index in [1.807, 2.05) is 13.8 Å². The molecule has 0 unspecified atom stereocenters. The molecule has 1 fully saturated rings. The van der Waals surface area contributed by atoms with Gasteiger partial charge in [-0.2, -0.15) is 0 Å². The second-order valence-corrected chi connectivity index (χ2v) is 3.45. The maximum Gasteiger partial charge on any atom is 0.331 e. The number of allylic oxidation sites excluding steroid dienone is 1. The van der Waals surface area contributed by atoms with Crippen LogP contribution in [0.2, 0.25) is 0 Å². The maximum atomic E-state index is 10.8. The molecular formula is C10H16O2. The zero-order valence-electron chi connectivity index (χ0n) is 7.76. The lowest BCUT2D eigenvalue weighted by Gasteiger charge is -2.27. The van der Waals surface area contributed by atoms with E-state index in [-0.39, 0.29) is 0 Å². The highest BCUT2D eigenvalue weighted by Crippen LogP contribution is 2.34. The summed E-state index contributed by atoms with van der Waals surface area (Å²) in [5.41, 5.74) is 1.73. The smallest absolute Gasteiger partial charge is 0.331 e. The molecule has 1 rings (SSSR count). The summed E-state index contributed by atoms with van der Waals surface area (Å²) in [4.78, 5) is 10.8. The maximum absolute atomic E-state index is 10.8. The second kappa shape index (κ2) is 3.74. The van der Waals surface area contributed by atoms with Crippen LogP contribution in [-0.2, 0) is 4.79 Å². The summed E-state index contributed by atoms with van der Waals surface area (Å²) < 4.78 is 0. The summed E-state index contributed by atoms with van der Waals surface area (Å²) in [7, 11) is 0. The van der Waals surface area contributed by atoms with Crippen molar-refractivity contribution in [3.05, 3.63) is 11.1 Å². The monoisotopic (exact) mass is 168 g/mol. The average molecular weight is 168 g/mol. The summed E-state index contributed by atoms with van der Waals surface area (Å²) in [5.74, 6) is -0.169. The summed E-state index contributed by atoms with van der Waals surface area (Å²) in [6.07, 6.45) is 4.28. The summed E-state index contributed by atoms with van der Waals surface area (Å²) in [6.45, 7) is 3.88. The van der Waals surface area contributed by atoms with E-state index >= 15 is 0 Å². The molecule has 0 radical (unpaired) electrons. The third kappa shape index (κ3) is 1.68. The van der Waals surface area contributed by atoms with Crippen LogP contribution >= 0.6 is 0 Å². The minimum atomic E-state index is -0.734. The van der Waals surface area contributed by atoms with Gasteiger partial charge < -0.3 is 5.11 Å². The Kier molecular flexibility index (Phi) is 2.90. The molecule has 0 aliphatic heterocycles. The first-order valence-electron chi connectivity index (χ1n) is 4.59. The van der Waals surface area contributed by atoms with Gasteiger partial charge in [0.05, 0.1) is 0 Å². The van der Waals surface area contributed by atoms with E-state index in [4.69, 9.17) is 5.11 Å². The molecular weight excluding hydrogens is 152 g/mol. The first kappa shape index (κ1) is 9.30. The van der Waals surface area contributed by atoms with Crippen LogP contribution in [-0.4, -0.2) is 11.1 Å². The normalized spacial score (nSPS) is 19.8. The molecule has 0 aromatic heterocycles. The third-order valence-electron chi connectivity index (χ3n) is 2.81. The zero-order valence-corrected chi connectivity index (χ0v) is 7.76. The molecule has 0 aromatic rings. The number of carboxylic acid groups (broad SMARTS) is 1. The fourth-order valence-electron chi connectivity index (χ4n) is 1.69. The molecule has 68 valence electrons. The minimum absolute atomic E-state index is 0.566. The van der Waals surface area contributed by atoms with Crippen molar-refractivity contribution in [2.75, 3.05) is 0 Å². The van der Waals surface area contributed by atoms with Crippen LogP contribution in [0, 0.1) is 5.92 Å². The number of carboxylic acids is 1. The lowest BCUT2D eigenvalue weighted by molar-refractivity contribution is -0.132. The Morgan fingerprint density at radius 2 is 2.08 bits per heavy atom. The standard InChI is InChI=1S/C10H16O2/c1-3-9(10(11)12)7(2)8-5-4-6-8/h8H,3-6H2,1-2H3,(H,11,12)/b9-7-. The van der Waals surface area contributed by atoms with E-state index in [0.29, 0.717) is 17.9 Å². The first-order chi connectivity index (χ1) is 5.66. The first-order valence-corrected chi connectivity index (χ1v) is 4.59. The highest BCUT2D eigenvalue weighted by molar-refractivity contribution is 5.87. The molecule has 12 heavy (non-hydrogen) atoms. The number of aliphatic carboxylic acids is 1. The Balaban J connectivity index is 2.75. The molecule has 1 aliphatic rings. The van der Waals surface area contributed by atoms with E-state index in [9.17, 15) is 4.79 Å². The lowest BCUT2D eigenvalue weighted by Crippen LogP contribution is -2.16. The fourth-order valence-corrected chi connectivity index (χ4v) is 1.69. The van der Waals surface area contributed by atoms with Crippen molar-refractivity contribution in [1.82, 2.24) is 0 Å². The van der Waals surface area contributed by atoms with Crippen LogP contribution in [0.25, 0.3) is 0 Å². The Bertz CT molecular complexity index is 212. The van der Waals surface area contributed by atoms with Crippen molar-refractivity contribution in [1.29, 1.82) is 0 Å². The van der Waals surface area contributed by atoms with Crippen LogP contribution in [0.5, 0.6) is 0 Å². The predicted octanol–water partition coefficient (Wildman–Crippen LogP) is 2.60. The van der Waals surface area contributed by atoms with Crippen LogP contribution in [0.4, 0.5) is 0 Å². The molecule has 0 heterocycles. The minimum Gasteiger partial charge on any atom is -0.478 e. The summed E-state index contributed by atoms with van der Waals surface area (Å²) in [6, 6.07) is 0. The van der Waals surface area contributed by atoms with Gasteiger partial charge in [-0.1, -0.05) is 18.9 Å². The SMILES string of the molecule is CC/C(C(=O)O)=C(\C)C1CCC1. The lowest BCUT2D eigenvalue weighted by atomic mass is 9.78.